The normalized spacial score (nSPS) is 10.9. The number of rotatable bonds is 6. The molecule has 4 heteroatoms. The van der Waals surface area contributed by atoms with Gasteiger partial charge in [0.2, 0.25) is 0 Å². The average molecular weight is 278 g/mol. The first-order valence-electron chi connectivity index (χ1n) is 6.06. The highest BCUT2D eigenvalue weighted by Gasteiger charge is 2.09. The summed E-state index contributed by atoms with van der Waals surface area (Å²) in [6.07, 6.45) is 4.74. The van der Waals surface area contributed by atoms with Crippen LogP contribution >= 0.6 is 11.8 Å². The second-order valence-electron chi connectivity index (χ2n) is 4.26. The zero-order chi connectivity index (χ0) is 14.3. The van der Waals surface area contributed by atoms with Crippen LogP contribution in [0.1, 0.15) is 25.8 Å². The topological polar surface area (TPSA) is 43.4 Å². The number of esters is 1. The van der Waals surface area contributed by atoms with Gasteiger partial charge in [-0.1, -0.05) is 24.3 Å². The van der Waals surface area contributed by atoms with Crippen LogP contribution in [-0.4, -0.2) is 24.1 Å². The molecule has 0 N–H and O–H groups in total. The van der Waals surface area contributed by atoms with Crippen LogP contribution in [0.2, 0.25) is 0 Å². The standard InChI is InChI=1S/C15H18O3S/c1-11(2)18-15(17)10-13(16)9-8-12-6-4-5-7-14(12)19-3/h4-9,11H,10H2,1-3H3. The van der Waals surface area contributed by atoms with Crippen molar-refractivity contribution in [3.8, 4) is 0 Å². The fourth-order valence-electron chi connectivity index (χ4n) is 1.49. The number of ketones is 1. The molecular weight excluding hydrogens is 260 g/mol. The Morgan fingerprint density at radius 1 is 1.32 bits per heavy atom. The van der Waals surface area contributed by atoms with Crippen LogP contribution in [0.15, 0.2) is 35.2 Å². The molecule has 0 aliphatic carbocycles. The molecule has 0 bridgehead atoms. The first-order valence-corrected chi connectivity index (χ1v) is 7.29. The van der Waals surface area contributed by atoms with Gasteiger partial charge in [0, 0.05) is 4.90 Å². The lowest BCUT2D eigenvalue weighted by atomic mass is 10.2. The first-order chi connectivity index (χ1) is 9.02. The van der Waals surface area contributed by atoms with Gasteiger partial charge in [-0.3, -0.25) is 9.59 Å². The molecule has 0 saturated heterocycles. The van der Waals surface area contributed by atoms with Crippen molar-refractivity contribution in [2.45, 2.75) is 31.3 Å². The van der Waals surface area contributed by atoms with E-state index >= 15 is 0 Å². The van der Waals surface area contributed by atoms with E-state index in [1.807, 2.05) is 30.5 Å². The third-order valence-electron chi connectivity index (χ3n) is 2.27. The van der Waals surface area contributed by atoms with Crippen LogP contribution in [-0.2, 0) is 14.3 Å². The molecule has 0 aliphatic rings. The molecule has 0 atom stereocenters. The minimum absolute atomic E-state index is 0.193. The number of hydrogen-bond acceptors (Lipinski definition) is 4. The number of hydrogen-bond donors (Lipinski definition) is 0. The van der Waals surface area contributed by atoms with Crippen molar-refractivity contribution in [2.24, 2.45) is 0 Å². The van der Waals surface area contributed by atoms with E-state index < -0.39 is 5.97 Å². The summed E-state index contributed by atoms with van der Waals surface area (Å²) in [4.78, 5) is 24.0. The zero-order valence-electron chi connectivity index (χ0n) is 11.4. The molecule has 0 aromatic heterocycles. The first kappa shape index (κ1) is 15.5. The maximum atomic E-state index is 11.6. The van der Waals surface area contributed by atoms with Crippen LogP contribution < -0.4 is 0 Å². The van der Waals surface area contributed by atoms with Crippen molar-refractivity contribution in [1.82, 2.24) is 0 Å². The molecule has 19 heavy (non-hydrogen) atoms. The Morgan fingerprint density at radius 2 is 2.00 bits per heavy atom. The number of ether oxygens (including phenoxy) is 1. The van der Waals surface area contributed by atoms with Crippen LogP contribution in [0.25, 0.3) is 6.08 Å². The van der Waals surface area contributed by atoms with Gasteiger partial charge >= 0.3 is 5.97 Å². The Labute approximate surface area is 118 Å². The Hall–Kier alpha value is -1.55. The van der Waals surface area contributed by atoms with Gasteiger partial charge in [0.15, 0.2) is 5.78 Å². The highest BCUT2D eigenvalue weighted by molar-refractivity contribution is 7.98. The Kier molecular flexibility index (Phi) is 6.36. The Bertz CT molecular complexity index is 478. The third kappa shape index (κ3) is 5.75. The molecule has 0 unspecified atom stereocenters. The number of carbonyl (C=O) groups excluding carboxylic acids is 2. The second kappa shape index (κ2) is 7.79. The highest BCUT2D eigenvalue weighted by Crippen LogP contribution is 2.20. The van der Waals surface area contributed by atoms with E-state index in [9.17, 15) is 9.59 Å². The van der Waals surface area contributed by atoms with Gasteiger partial charge in [0.25, 0.3) is 0 Å². The lowest BCUT2D eigenvalue weighted by Gasteiger charge is -2.06. The molecular formula is C15H18O3S. The summed E-state index contributed by atoms with van der Waals surface area (Å²) in [5, 5.41) is 0. The minimum Gasteiger partial charge on any atom is -0.463 e. The highest BCUT2D eigenvalue weighted by atomic mass is 32.2. The van der Waals surface area contributed by atoms with E-state index in [1.165, 1.54) is 6.08 Å². The van der Waals surface area contributed by atoms with Crippen molar-refractivity contribution >= 4 is 29.6 Å². The Balaban J connectivity index is 2.61. The number of carbonyl (C=O) groups is 2. The molecule has 0 heterocycles. The summed E-state index contributed by atoms with van der Waals surface area (Å²) in [6, 6.07) is 7.78. The summed E-state index contributed by atoms with van der Waals surface area (Å²) in [7, 11) is 0. The van der Waals surface area contributed by atoms with Gasteiger partial charge in [0.1, 0.15) is 6.42 Å². The number of thioether (sulfide) groups is 1. The van der Waals surface area contributed by atoms with E-state index in [0.29, 0.717) is 0 Å². The van der Waals surface area contributed by atoms with Gasteiger partial charge < -0.3 is 4.74 Å². The van der Waals surface area contributed by atoms with E-state index in [1.54, 1.807) is 31.7 Å². The zero-order valence-corrected chi connectivity index (χ0v) is 12.2. The molecule has 1 aromatic carbocycles. The molecule has 1 aromatic rings. The van der Waals surface area contributed by atoms with Crippen molar-refractivity contribution in [2.75, 3.05) is 6.26 Å². The van der Waals surface area contributed by atoms with E-state index in [-0.39, 0.29) is 18.3 Å². The van der Waals surface area contributed by atoms with Gasteiger partial charge in [-0.05, 0) is 37.8 Å². The number of allylic oxidation sites excluding steroid dienone is 1. The van der Waals surface area contributed by atoms with Crippen LogP contribution in [0.4, 0.5) is 0 Å². The third-order valence-corrected chi connectivity index (χ3v) is 3.09. The maximum absolute atomic E-state index is 11.6. The quantitative estimate of drug-likeness (QED) is 0.346. The molecule has 0 saturated carbocycles. The molecule has 0 fully saturated rings. The summed E-state index contributed by atoms with van der Waals surface area (Å²) >= 11 is 1.62. The maximum Gasteiger partial charge on any atom is 0.313 e. The smallest absolute Gasteiger partial charge is 0.313 e. The summed E-state index contributed by atoms with van der Waals surface area (Å²) in [5.74, 6) is -0.732. The summed E-state index contributed by atoms with van der Waals surface area (Å²) in [6.45, 7) is 3.51. The monoisotopic (exact) mass is 278 g/mol. The van der Waals surface area contributed by atoms with Crippen LogP contribution in [0, 0.1) is 0 Å². The van der Waals surface area contributed by atoms with E-state index in [4.69, 9.17) is 4.74 Å². The van der Waals surface area contributed by atoms with Gasteiger partial charge in [0.05, 0.1) is 6.10 Å². The number of benzene rings is 1. The molecule has 0 aliphatic heterocycles. The average Bonchev–Trinajstić information content (AvgIpc) is 2.35. The van der Waals surface area contributed by atoms with E-state index in [2.05, 4.69) is 0 Å². The molecule has 102 valence electrons. The fourth-order valence-corrected chi connectivity index (χ4v) is 2.08. The van der Waals surface area contributed by atoms with Crippen molar-refractivity contribution in [3.05, 3.63) is 35.9 Å². The fraction of sp³-hybridized carbons (Fsp3) is 0.333. The molecule has 0 amide bonds. The molecule has 1 rings (SSSR count). The van der Waals surface area contributed by atoms with Crippen molar-refractivity contribution < 1.29 is 14.3 Å². The second-order valence-corrected chi connectivity index (χ2v) is 5.11. The Morgan fingerprint density at radius 3 is 2.63 bits per heavy atom. The van der Waals surface area contributed by atoms with Crippen molar-refractivity contribution in [3.63, 3.8) is 0 Å². The SMILES string of the molecule is CSc1ccccc1C=CC(=O)CC(=O)OC(C)C. The van der Waals surface area contributed by atoms with Gasteiger partial charge in [-0.2, -0.15) is 0 Å². The summed E-state index contributed by atoms with van der Waals surface area (Å²) in [5.41, 5.74) is 0.973. The predicted octanol–water partition coefficient (Wildman–Crippen LogP) is 3.33. The largest absolute Gasteiger partial charge is 0.463 e. The van der Waals surface area contributed by atoms with Gasteiger partial charge in [-0.15, -0.1) is 11.8 Å². The molecule has 0 spiro atoms. The lowest BCUT2D eigenvalue weighted by Crippen LogP contribution is -2.14. The predicted molar refractivity (Wildman–Crippen MR) is 78.1 cm³/mol. The molecule has 0 radical (unpaired) electrons. The molecule has 3 nitrogen and oxygen atoms in total. The van der Waals surface area contributed by atoms with Crippen LogP contribution in [0.3, 0.4) is 0 Å². The lowest BCUT2D eigenvalue weighted by molar-refractivity contribution is -0.148. The van der Waals surface area contributed by atoms with E-state index in [0.717, 1.165) is 10.5 Å². The summed E-state index contributed by atoms with van der Waals surface area (Å²) < 4.78 is 4.92. The van der Waals surface area contributed by atoms with Gasteiger partial charge in [-0.25, -0.2) is 0 Å². The van der Waals surface area contributed by atoms with Crippen LogP contribution in [0.5, 0.6) is 0 Å². The van der Waals surface area contributed by atoms with Crippen molar-refractivity contribution in [1.29, 1.82) is 0 Å². The minimum atomic E-state index is -0.484.